The molecule has 6 nitrogen and oxygen atoms in total. The molecular weight excluding hydrogens is 386 g/mol. The lowest BCUT2D eigenvalue weighted by molar-refractivity contribution is 0.241. The van der Waals surface area contributed by atoms with Gasteiger partial charge in [-0.2, -0.15) is 17.6 Å². The van der Waals surface area contributed by atoms with Crippen LogP contribution in [0.5, 0.6) is 5.75 Å². The predicted molar refractivity (Wildman–Crippen MR) is 105 cm³/mol. The van der Waals surface area contributed by atoms with E-state index in [4.69, 9.17) is 16.3 Å². The molecule has 0 aliphatic carbocycles. The summed E-state index contributed by atoms with van der Waals surface area (Å²) in [5, 5.41) is 8.37. The molecule has 1 aliphatic rings. The Morgan fingerprint density at radius 3 is 2.81 bits per heavy atom. The number of halogens is 1. The van der Waals surface area contributed by atoms with Crippen LogP contribution in [0, 0.1) is 0 Å². The lowest BCUT2D eigenvalue weighted by Crippen LogP contribution is -2.38. The maximum atomic E-state index is 13.0. The fraction of sp³-hybridized carbons (Fsp3) is 0.316. The molecule has 1 N–H and O–H groups in total. The molecule has 1 aromatic heterocycles. The topological polar surface area (TPSA) is 73.2 Å². The molecule has 2 aromatic carbocycles. The molecule has 2 heterocycles. The van der Waals surface area contributed by atoms with Crippen molar-refractivity contribution in [1.29, 1.82) is 0 Å². The summed E-state index contributed by atoms with van der Waals surface area (Å²) in [7, 11) is -3.90. The van der Waals surface area contributed by atoms with Gasteiger partial charge in [0.2, 0.25) is 0 Å². The molecule has 0 radical (unpaired) electrons. The lowest BCUT2D eigenvalue weighted by Gasteiger charge is -2.23. The van der Waals surface area contributed by atoms with E-state index in [1.165, 1.54) is 25.1 Å². The Bertz CT molecular complexity index is 1060. The van der Waals surface area contributed by atoms with Crippen LogP contribution < -0.4 is 10.1 Å². The summed E-state index contributed by atoms with van der Waals surface area (Å²) < 4.78 is 33.0. The summed E-state index contributed by atoms with van der Waals surface area (Å²) in [5.74, 6) is 0.625. The Kier molecular flexibility index (Phi) is 5.08. The molecule has 0 spiro atoms. The first-order chi connectivity index (χ1) is 13.1. The highest BCUT2D eigenvalue weighted by Crippen LogP contribution is 2.30. The van der Waals surface area contributed by atoms with E-state index in [1.54, 1.807) is 30.3 Å². The van der Waals surface area contributed by atoms with Gasteiger partial charge in [-0.1, -0.05) is 36.2 Å². The third-order valence-corrected chi connectivity index (χ3v) is 6.84. The molecule has 27 heavy (non-hydrogen) atoms. The van der Waals surface area contributed by atoms with Gasteiger partial charge in [-0.25, -0.2) is 0 Å². The summed E-state index contributed by atoms with van der Waals surface area (Å²) in [6, 6.07) is 12.0. The van der Waals surface area contributed by atoms with E-state index in [-0.39, 0.29) is 9.92 Å². The zero-order valence-corrected chi connectivity index (χ0v) is 16.2. The van der Waals surface area contributed by atoms with E-state index in [0.717, 1.165) is 17.1 Å². The first-order valence-electron chi connectivity index (χ1n) is 8.90. The van der Waals surface area contributed by atoms with Gasteiger partial charge in [-0.15, -0.1) is 0 Å². The fourth-order valence-electron chi connectivity index (χ4n) is 3.32. The van der Waals surface area contributed by atoms with Crippen LogP contribution in [-0.4, -0.2) is 36.8 Å². The van der Waals surface area contributed by atoms with Crippen molar-refractivity contribution in [3.8, 4) is 5.75 Å². The van der Waals surface area contributed by atoms with Crippen molar-refractivity contribution < 1.29 is 13.2 Å². The molecule has 0 saturated carbocycles. The minimum atomic E-state index is -3.90. The molecule has 1 unspecified atom stereocenters. The number of fused-ring (bicyclic) bond motifs is 1. The number of piperidine rings is 1. The van der Waals surface area contributed by atoms with Gasteiger partial charge in [0, 0.05) is 6.04 Å². The van der Waals surface area contributed by atoms with Gasteiger partial charge in [0.15, 0.2) is 0 Å². The molecule has 8 heteroatoms. The molecule has 142 valence electrons. The monoisotopic (exact) mass is 405 g/mol. The van der Waals surface area contributed by atoms with Crippen molar-refractivity contribution in [2.24, 2.45) is 0 Å². The zero-order valence-electron chi connectivity index (χ0n) is 14.6. The third kappa shape index (κ3) is 3.54. The number of aromatic nitrogens is 2. The molecule has 0 amide bonds. The average Bonchev–Trinajstić information content (AvgIpc) is 3.13. The summed E-state index contributed by atoms with van der Waals surface area (Å²) in [4.78, 5) is 0.0226. The average molecular weight is 406 g/mol. The number of nitrogens with one attached hydrogen (secondary N) is 1. The quantitative estimate of drug-likeness (QED) is 0.703. The van der Waals surface area contributed by atoms with Crippen LogP contribution in [0.2, 0.25) is 5.02 Å². The van der Waals surface area contributed by atoms with Crippen molar-refractivity contribution in [3.05, 3.63) is 53.7 Å². The highest BCUT2D eigenvalue weighted by molar-refractivity contribution is 7.90. The summed E-state index contributed by atoms with van der Waals surface area (Å²) in [6.07, 6.45) is 4.99. The number of hydrogen-bond donors (Lipinski definition) is 1. The Hall–Kier alpha value is -2.09. The molecule has 1 saturated heterocycles. The Morgan fingerprint density at radius 2 is 2.04 bits per heavy atom. The van der Waals surface area contributed by atoms with Gasteiger partial charge in [0.25, 0.3) is 10.0 Å². The number of hydrogen-bond acceptors (Lipinski definition) is 5. The molecule has 1 fully saturated rings. The van der Waals surface area contributed by atoms with Crippen molar-refractivity contribution in [2.45, 2.75) is 30.2 Å². The van der Waals surface area contributed by atoms with Crippen LogP contribution in [0.3, 0.4) is 0 Å². The number of benzene rings is 2. The van der Waals surface area contributed by atoms with Gasteiger partial charge in [0.05, 0.1) is 22.1 Å². The van der Waals surface area contributed by atoms with E-state index in [2.05, 4.69) is 10.4 Å². The summed E-state index contributed by atoms with van der Waals surface area (Å²) in [6.45, 7) is 1.55. The zero-order chi connectivity index (χ0) is 18.9. The van der Waals surface area contributed by atoms with E-state index in [9.17, 15) is 8.42 Å². The summed E-state index contributed by atoms with van der Waals surface area (Å²) >= 11 is 6.09. The number of rotatable bonds is 5. The fourth-order valence-corrected chi connectivity index (χ4v) is 5.09. The standard InChI is InChI=1S/C19H20ClN3O3S/c20-16-7-1-2-10-19(16)27(24,25)23-17-8-5-9-18(15(17)12-22-23)26-13-14-6-3-4-11-21-14/h1-2,5,7-10,12,14,21H,3-4,6,11,13H2. The molecule has 4 rings (SSSR count). The summed E-state index contributed by atoms with van der Waals surface area (Å²) in [5.41, 5.74) is 0.462. The van der Waals surface area contributed by atoms with Crippen molar-refractivity contribution in [3.63, 3.8) is 0 Å². The predicted octanol–water partition coefficient (Wildman–Crippen LogP) is 3.45. The van der Waals surface area contributed by atoms with Gasteiger partial charge in [-0.3, -0.25) is 0 Å². The van der Waals surface area contributed by atoms with Crippen LogP contribution in [0.4, 0.5) is 0 Å². The SMILES string of the molecule is O=S(=O)(c1ccccc1Cl)n1ncc2c(OCC3CCCCN3)cccc21. The second-order valence-electron chi connectivity index (χ2n) is 6.57. The largest absolute Gasteiger partial charge is 0.491 e. The number of ether oxygens (including phenoxy) is 1. The minimum absolute atomic E-state index is 0.0226. The molecule has 1 aliphatic heterocycles. The van der Waals surface area contributed by atoms with E-state index < -0.39 is 10.0 Å². The first kappa shape index (κ1) is 18.3. The van der Waals surface area contributed by atoms with E-state index in [0.29, 0.717) is 29.3 Å². The molecule has 3 aromatic rings. The second-order valence-corrected chi connectivity index (χ2v) is 8.71. The minimum Gasteiger partial charge on any atom is -0.491 e. The van der Waals surface area contributed by atoms with Gasteiger partial charge >= 0.3 is 0 Å². The Balaban J connectivity index is 1.67. The molecular formula is C19H20ClN3O3S. The maximum Gasteiger partial charge on any atom is 0.285 e. The van der Waals surface area contributed by atoms with Crippen LogP contribution in [0.15, 0.2) is 53.6 Å². The molecule has 0 bridgehead atoms. The van der Waals surface area contributed by atoms with Crippen molar-refractivity contribution >= 4 is 32.5 Å². The number of nitrogens with zero attached hydrogens (tertiary/aromatic N) is 2. The van der Waals surface area contributed by atoms with Crippen molar-refractivity contribution in [2.75, 3.05) is 13.2 Å². The van der Waals surface area contributed by atoms with Crippen molar-refractivity contribution in [1.82, 2.24) is 14.5 Å². The maximum absolute atomic E-state index is 13.0. The third-order valence-electron chi connectivity index (χ3n) is 4.74. The van der Waals surface area contributed by atoms with E-state index >= 15 is 0 Å². The Morgan fingerprint density at radius 1 is 1.19 bits per heavy atom. The smallest absolute Gasteiger partial charge is 0.285 e. The normalized spacial score (nSPS) is 17.9. The lowest BCUT2D eigenvalue weighted by atomic mass is 10.1. The molecule has 1 atom stereocenters. The van der Waals surface area contributed by atoms with Gasteiger partial charge in [-0.05, 0) is 43.7 Å². The highest BCUT2D eigenvalue weighted by atomic mass is 35.5. The van der Waals surface area contributed by atoms with Gasteiger partial charge in [0.1, 0.15) is 17.3 Å². The second kappa shape index (κ2) is 7.50. The van der Waals surface area contributed by atoms with E-state index in [1.807, 2.05) is 6.07 Å². The highest BCUT2D eigenvalue weighted by Gasteiger charge is 2.24. The van der Waals surface area contributed by atoms with Crippen LogP contribution >= 0.6 is 11.6 Å². The van der Waals surface area contributed by atoms with Crippen LogP contribution in [0.25, 0.3) is 10.9 Å². The van der Waals surface area contributed by atoms with Gasteiger partial charge < -0.3 is 10.1 Å². The van der Waals surface area contributed by atoms with Crippen LogP contribution in [0.1, 0.15) is 19.3 Å². The first-order valence-corrected chi connectivity index (χ1v) is 10.7. The Labute approximate surface area is 163 Å². The van der Waals surface area contributed by atoms with Crippen LogP contribution in [-0.2, 0) is 10.0 Å².